The van der Waals surface area contributed by atoms with E-state index in [1.165, 1.54) is 116 Å². The second kappa shape index (κ2) is 41.0. The second-order valence-electron chi connectivity index (χ2n) is 16.9. The monoisotopic (exact) mass is 851 g/mol. The Labute approximate surface area is 366 Å². The zero-order valence-electron chi connectivity index (χ0n) is 38.2. The van der Waals surface area contributed by atoms with Crippen LogP contribution in [0.1, 0.15) is 213 Å². The molecule has 6 unspecified atom stereocenters. The fourth-order valence-electron chi connectivity index (χ4n) is 7.33. The molecule has 0 bridgehead atoms. The molecule has 1 aliphatic heterocycles. The Hall–Kier alpha value is -2.08. The summed E-state index contributed by atoms with van der Waals surface area (Å²) in [5.41, 5.74) is 0. The number of carbonyl (C=O) groups excluding carboxylic acids is 2. The number of carbonyl (C=O) groups is 2. The van der Waals surface area contributed by atoms with Gasteiger partial charge in [-0.25, -0.2) is 0 Å². The van der Waals surface area contributed by atoms with Gasteiger partial charge in [0.15, 0.2) is 12.4 Å². The summed E-state index contributed by atoms with van der Waals surface area (Å²) < 4.78 is 22.2. The molecule has 0 radical (unpaired) electrons. The van der Waals surface area contributed by atoms with Crippen LogP contribution < -0.4 is 0 Å². The highest BCUT2D eigenvalue weighted by Crippen LogP contribution is 2.23. The van der Waals surface area contributed by atoms with E-state index >= 15 is 0 Å². The number of unbranched alkanes of at least 4 members (excludes halogenated alkanes) is 24. The van der Waals surface area contributed by atoms with Crippen LogP contribution >= 0.6 is 0 Å². The fourth-order valence-corrected chi connectivity index (χ4v) is 7.33. The summed E-state index contributed by atoms with van der Waals surface area (Å²) in [5.74, 6) is -0.816. The number of allylic oxidation sites excluding steroid dienone is 6. The highest BCUT2D eigenvalue weighted by atomic mass is 16.7. The van der Waals surface area contributed by atoms with E-state index in [4.69, 9.17) is 18.9 Å². The van der Waals surface area contributed by atoms with Gasteiger partial charge >= 0.3 is 11.9 Å². The summed E-state index contributed by atoms with van der Waals surface area (Å²) in [6, 6.07) is 0. The fraction of sp³-hybridized carbons (Fsp3) is 0.840. The molecule has 1 saturated heterocycles. The number of esters is 2. The van der Waals surface area contributed by atoms with Gasteiger partial charge in [-0.05, 0) is 70.6 Å². The maximum atomic E-state index is 12.8. The molecule has 4 N–H and O–H groups in total. The van der Waals surface area contributed by atoms with E-state index < -0.39 is 49.4 Å². The van der Waals surface area contributed by atoms with Crippen LogP contribution in [0, 0.1) is 0 Å². The largest absolute Gasteiger partial charge is 0.462 e. The highest BCUT2D eigenvalue weighted by molar-refractivity contribution is 5.70. The molecule has 350 valence electrons. The van der Waals surface area contributed by atoms with Crippen molar-refractivity contribution in [3.05, 3.63) is 36.5 Å². The Morgan fingerprint density at radius 3 is 1.42 bits per heavy atom. The lowest BCUT2D eigenvalue weighted by atomic mass is 9.99. The standard InChI is InChI=1S/C50H90O10/c1-3-5-7-9-11-13-15-17-19-21-23-25-27-29-31-33-35-37-39-46(53)59-43(42-58-50-49(56)48(55)47(54)44(40-51)60-50)41-57-45(52)38-36-34-32-30-28-26-24-22-20-18-16-14-12-10-8-6-4-2/h13,15,18-21,43-44,47-51,54-56H,3-12,14,16-17,22-42H2,1-2H3/b15-13-,20-18-,21-19-. The number of aliphatic hydroxyl groups is 4. The summed E-state index contributed by atoms with van der Waals surface area (Å²) in [5, 5.41) is 40.1. The van der Waals surface area contributed by atoms with Gasteiger partial charge in [0, 0.05) is 12.8 Å². The molecular formula is C50H90O10. The zero-order chi connectivity index (χ0) is 43.7. The minimum Gasteiger partial charge on any atom is -0.462 e. The lowest BCUT2D eigenvalue weighted by Crippen LogP contribution is -2.59. The van der Waals surface area contributed by atoms with Crippen LogP contribution in [0.15, 0.2) is 36.5 Å². The topological polar surface area (TPSA) is 152 Å². The van der Waals surface area contributed by atoms with Crippen LogP contribution in [0.4, 0.5) is 0 Å². The Morgan fingerprint density at radius 1 is 0.517 bits per heavy atom. The first-order chi connectivity index (χ1) is 29.3. The van der Waals surface area contributed by atoms with Crippen molar-refractivity contribution in [2.75, 3.05) is 19.8 Å². The normalized spacial score (nSPS) is 20.1. The van der Waals surface area contributed by atoms with Crippen LogP contribution in [0.3, 0.4) is 0 Å². The van der Waals surface area contributed by atoms with Gasteiger partial charge in [-0.2, -0.15) is 0 Å². The molecule has 10 nitrogen and oxygen atoms in total. The third kappa shape index (κ3) is 31.7. The molecule has 0 amide bonds. The molecule has 0 aromatic carbocycles. The van der Waals surface area contributed by atoms with Crippen molar-refractivity contribution in [2.24, 2.45) is 0 Å². The van der Waals surface area contributed by atoms with Crippen molar-refractivity contribution < 1.29 is 49.0 Å². The Balaban J connectivity index is 2.30. The molecule has 0 saturated carbocycles. The van der Waals surface area contributed by atoms with Gasteiger partial charge in [0.05, 0.1) is 13.2 Å². The molecule has 60 heavy (non-hydrogen) atoms. The van der Waals surface area contributed by atoms with Gasteiger partial charge in [-0.3, -0.25) is 9.59 Å². The molecule has 0 aliphatic carbocycles. The molecule has 0 aromatic heterocycles. The van der Waals surface area contributed by atoms with Crippen LogP contribution in [-0.2, 0) is 28.5 Å². The van der Waals surface area contributed by atoms with E-state index in [2.05, 4.69) is 50.3 Å². The average molecular weight is 851 g/mol. The van der Waals surface area contributed by atoms with E-state index in [1.54, 1.807) is 0 Å². The van der Waals surface area contributed by atoms with Crippen LogP contribution in [0.5, 0.6) is 0 Å². The molecule has 1 fully saturated rings. The predicted octanol–water partition coefficient (Wildman–Crippen LogP) is 11.1. The lowest BCUT2D eigenvalue weighted by molar-refractivity contribution is -0.305. The van der Waals surface area contributed by atoms with Crippen LogP contribution in [-0.4, -0.2) is 89.0 Å². The molecular weight excluding hydrogens is 761 g/mol. The van der Waals surface area contributed by atoms with Crippen LogP contribution in [0.25, 0.3) is 0 Å². The highest BCUT2D eigenvalue weighted by Gasteiger charge is 2.44. The first-order valence-electron chi connectivity index (χ1n) is 24.6. The SMILES string of the molecule is CCCCCC/C=C\C/C=C\CCCCCCCCCC(=O)OC(COC(=O)CCCCCCCCC/C=C\CCCCCCCC)COC1OC(CO)C(O)C(O)C1O. The van der Waals surface area contributed by atoms with Crippen molar-refractivity contribution in [1.82, 2.24) is 0 Å². The molecule has 0 aromatic rings. The summed E-state index contributed by atoms with van der Waals surface area (Å²) in [6.07, 6.45) is 40.0. The van der Waals surface area contributed by atoms with Gasteiger partial charge in [0.2, 0.25) is 0 Å². The maximum absolute atomic E-state index is 12.8. The number of aliphatic hydroxyl groups excluding tert-OH is 4. The van der Waals surface area contributed by atoms with E-state index in [0.29, 0.717) is 6.42 Å². The predicted molar refractivity (Wildman–Crippen MR) is 242 cm³/mol. The van der Waals surface area contributed by atoms with Gasteiger partial charge in [0.1, 0.15) is 31.0 Å². The van der Waals surface area contributed by atoms with Crippen molar-refractivity contribution in [3.8, 4) is 0 Å². The van der Waals surface area contributed by atoms with Crippen molar-refractivity contribution >= 4 is 11.9 Å². The summed E-state index contributed by atoms with van der Waals surface area (Å²) in [7, 11) is 0. The molecule has 1 aliphatic rings. The summed E-state index contributed by atoms with van der Waals surface area (Å²) in [4.78, 5) is 25.4. The van der Waals surface area contributed by atoms with Gasteiger partial charge in [0.25, 0.3) is 0 Å². The number of rotatable bonds is 41. The molecule has 6 atom stereocenters. The molecule has 10 heteroatoms. The molecule has 1 rings (SSSR count). The van der Waals surface area contributed by atoms with E-state index in [9.17, 15) is 30.0 Å². The maximum Gasteiger partial charge on any atom is 0.306 e. The average Bonchev–Trinajstić information content (AvgIpc) is 3.25. The first kappa shape index (κ1) is 55.9. The first-order valence-corrected chi connectivity index (χ1v) is 24.6. The summed E-state index contributed by atoms with van der Waals surface area (Å²) >= 11 is 0. The van der Waals surface area contributed by atoms with Gasteiger partial charge in [-0.15, -0.1) is 0 Å². The second-order valence-corrected chi connectivity index (χ2v) is 16.9. The van der Waals surface area contributed by atoms with Crippen molar-refractivity contribution in [1.29, 1.82) is 0 Å². The Bertz CT molecular complexity index is 1080. The quantitative estimate of drug-likeness (QED) is 0.0266. The zero-order valence-corrected chi connectivity index (χ0v) is 38.2. The summed E-state index contributed by atoms with van der Waals surface area (Å²) in [6.45, 7) is 3.41. The van der Waals surface area contributed by atoms with E-state index in [0.717, 1.165) is 64.2 Å². The lowest BCUT2D eigenvalue weighted by Gasteiger charge is -2.39. The van der Waals surface area contributed by atoms with Gasteiger partial charge in [-0.1, -0.05) is 166 Å². The minimum absolute atomic E-state index is 0.221. The molecule has 1 heterocycles. The Kier molecular flexibility index (Phi) is 38.2. The third-order valence-electron chi connectivity index (χ3n) is 11.2. The Morgan fingerprint density at radius 2 is 0.933 bits per heavy atom. The molecule has 0 spiro atoms. The van der Waals surface area contributed by atoms with E-state index in [-0.39, 0.29) is 32.0 Å². The third-order valence-corrected chi connectivity index (χ3v) is 11.2. The number of hydrogen-bond donors (Lipinski definition) is 4. The van der Waals surface area contributed by atoms with Crippen molar-refractivity contribution in [3.63, 3.8) is 0 Å². The van der Waals surface area contributed by atoms with Crippen LogP contribution in [0.2, 0.25) is 0 Å². The smallest absolute Gasteiger partial charge is 0.306 e. The van der Waals surface area contributed by atoms with Crippen molar-refractivity contribution in [2.45, 2.75) is 250 Å². The number of hydrogen-bond acceptors (Lipinski definition) is 10. The van der Waals surface area contributed by atoms with Gasteiger partial charge < -0.3 is 39.4 Å². The minimum atomic E-state index is -1.60. The van der Waals surface area contributed by atoms with E-state index in [1.807, 2.05) is 0 Å². The number of ether oxygens (including phenoxy) is 4.